The largest absolute Gasteiger partial charge is 0.353 e. The summed E-state index contributed by atoms with van der Waals surface area (Å²) in [5.74, 6) is 4.53. The maximum Gasteiger partial charge on any atom is 0.221 e. The standard InChI is InChI=1S/C11H22N2OS2/c1-3-15-7-9(2)13-11(14)6-10-8-16-5-4-12-10/h9-10,12H,3-8H2,1-2H3,(H,13,14). The van der Waals surface area contributed by atoms with Crippen LogP contribution >= 0.6 is 23.5 Å². The van der Waals surface area contributed by atoms with E-state index in [1.165, 1.54) is 5.75 Å². The molecule has 94 valence electrons. The van der Waals surface area contributed by atoms with Crippen molar-refractivity contribution in [3.63, 3.8) is 0 Å². The molecular formula is C11H22N2OS2. The Morgan fingerprint density at radius 2 is 2.50 bits per heavy atom. The lowest BCUT2D eigenvalue weighted by molar-refractivity contribution is -0.121. The van der Waals surface area contributed by atoms with Crippen molar-refractivity contribution in [1.29, 1.82) is 0 Å². The van der Waals surface area contributed by atoms with E-state index in [4.69, 9.17) is 0 Å². The van der Waals surface area contributed by atoms with Crippen molar-refractivity contribution >= 4 is 29.4 Å². The summed E-state index contributed by atoms with van der Waals surface area (Å²) in [5.41, 5.74) is 0. The van der Waals surface area contributed by atoms with Crippen molar-refractivity contribution in [3.8, 4) is 0 Å². The molecule has 0 radical (unpaired) electrons. The summed E-state index contributed by atoms with van der Waals surface area (Å²) in [6, 6.07) is 0.651. The third kappa shape index (κ3) is 6.01. The van der Waals surface area contributed by atoms with E-state index in [1.807, 2.05) is 23.5 Å². The zero-order valence-corrected chi connectivity index (χ0v) is 11.8. The Balaban J connectivity index is 2.13. The van der Waals surface area contributed by atoms with Crippen molar-refractivity contribution in [2.24, 2.45) is 0 Å². The van der Waals surface area contributed by atoms with Crippen LogP contribution in [0.25, 0.3) is 0 Å². The Morgan fingerprint density at radius 3 is 3.12 bits per heavy atom. The number of rotatable bonds is 6. The third-order valence-electron chi connectivity index (χ3n) is 2.41. The molecule has 0 aromatic heterocycles. The molecular weight excluding hydrogens is 240 g/mol. The molecule has 2 unspecified atom stereocenters. The van der Waals surface area contributed by atoms with E-state index in [0.29, 0.717) is 12.5 Å². The number of carbonyl (C=O) groups is 1. The Labute approximate surface area is 107 Å². The molecule has 0 aliphatic carbocycles. The van der Waals surface area contributed by atoms with E-state index in [9.17, 15) is 4.79 Å². The lowest BCUT2D eigenvalue weighted by Crippen LogP contribution is -2.43. The first-order valence-electron chi connectivity index (χ1n) is 5.90. The topological polar surface area (TPSA) is 41.1 Å². The van der Waals surface area contributed by atoms with Crippen molar-refractivity contribution in [2.75, 3.05) is 29.6 Å². The molecule has 0 spiro atoms. The van der Waals surface area contributed by atoms with Crippen LogP contribution in [0.5, 0.6) is 0 Å². The molecule has 3 nitrogen and oxygen atoms in total. The van der Waals surface area contributed by atoms with Crippen LogP contribution in [0, 0.1) is 0 Å². The first kappa shape index (κ1) is 14.2. The Bertz CT molecular complexity index is 208. The molecule has 2 N–H and O–H groups in total. The predicted molar refractivity (Wildman–Crippen MR) is 74.3 cm³/mol. The van der Waals surface area contributed by atoms with Gasteiger partial charge in [0.1, 0.15) is 0 Å². The van der Waals surface area contributed by atoms with Gasteiger partial charge >= 0.3 is 0 Å². The fourth-order valence-corrected chi connectivity index (χ4v) is 3.27. The van der Waals surface area contributed by atoms with Gasteiger partial charge in [0.15, 0.2) is 0 Å². The quantitative estimate of drug-likeness (QED) is 0.758. The van der Waals surface area contributed by atoms with E-state index in [1.54, 1.807) is 0 Å². The van der Waals surface area contributed by atoms with Crippen LogP contribution in [-0.2, 0) is 4.79 Å². The zero-order chi connectivity index (χ0) is 11.8. The molecule has 0 bridgehead atoms. The number of nitrogens with one attached hydrogen (secondary N) is 2. The zero-order valence-electron chi connectivity index (χ0n) is 10.1. The van der Waals surface area contributed by atoms with E-state index in [0.717, 1.165) is 23.8 Å². The van der Waals surface area contributed by atoms with Crippen LogP contribution in [0.2, 0.25) is 0 Å². The van der Waals surface area contributed by atoms with E-state index >= 15 is 0 Å². The van der Waals surface area contributed by atoms with E-state index in [-0.39, 0.29) is 11.9 Å². The SMILES string of the molecule is CCSCC(C)NC(=O)CC1CSCCN1. The number of amides is 1. The summed E-state index contributed by atoms with van der Waals surface area (Å²) < 4.78 is 0. The Morgan fingerprint density at radius 1 is 1.69 bits per heavy atom. The van der Waals surface area contributed by atoms with Gasteiger partial charge in [0.05, 0.1) is 0 Å². The molecule has 5 heteroatoms. The van der Waals surface area contributed by atoms with Crippen molar-refractivity contribution < 1.29 is 4.79 Å². The van der Waals surface area contributed by atoms with Crippen molar-refractivity contribution in [1.82, 2.24) is 10.6 Å². The van der Waals surface area contributed by atoms with Gasteiger partial charge < -0.3 is 10.6 Å². The molecule has 0 aromatic carbocycles. The molecule has 0 aromatic rings. The van der Waals surface area contributed by atoms with Crippen LogP contribution in [-0.4, -0.2) is 47.5 Å². The van der Waals surface area contributed by atoms with Crippen LogP contribution < -0.4 is 10.6 Å². The lowest BCUT2D eigenvalue weighted by atomic mass is 10.2. The van der Waals surface area contributed by atoms with Gasteiger partial charge in [0.2, 0.25) is 5.91 Å². The van der Waals surface area contributed by atoms with Gasteiger partial charge in [-0.25, -0.2) is 0 Å². The average molecular weight is 262 g/mol. The van der Waals surface area contributed by atoms with E-state index < -0.39 is 0 Å². The summed E-state index contributed by atoms with van der Waals surface area (Å²) in [6.45, 7) is 5.25. The molecule has 1 saturated heterocycles. The van der Waals surface area contributed by atoms with Crippen LogP contribution in [0.3, 0.4) is 0 Å². The van der Waals surface area contributed by atoms with Gasteiger partial charge in [0.25, 0.3) is 0 Å². The lowest BCUT2D eigenvalue weighted by Gasteiger charge is -2.23. The second kappa shape index (κ2) is 8.25. The highest BCUT2D eigenvalue weighted by Gasteiger charge is 2.17. The minimum Gasteiger partial charge on any atom is -0.353 e. The van der Waals surface area contributed by atoms with Crippen LogP contribution in [0.15, 0.2) is 0 Å². The van der Waals surface area contributed by atoms with Gasteiger partial charge in [-0.3, -0.25) is 4.79 Å². The summed E-state index contributed by atoms with van der Waals surface area (Å²) in [7, 11) is 0. The number of thioether (sulfide) groups is 2. The smallest absolute Gasteiger partial charge is 0.221 e. The maximum absolute atomic E-state index is 11.7. The second-order valence-corrected chi connectivity index (χ2v) is 6.53. The second-order valence-electron chi connectivity index (χ2n) is 4.06. The first-order valence-corrected chi connectivity index (χ1v) is 8.21. The first-order chi connectivity index (χ1) is 7.72. The molecule has 1 aliphatic heterocycles. The summed E-state index contributed by atoms with van der Waals surface area (Å²) >= 11 is 3.80. The molecule has 1 fully saturated rings. The van der Waals surface area contributed by atoms with E-state index in [2.05, 4.69) is 24.5 Å². The minimum atomic E-state index is 0.184. The molecule has 1 amide bonds. The monoisotopic (exact) mass is 262 g/mol. The highest BCUT2D eigenvalue weighted by Crippen LogP contribution is 2.10. The number of carbonyl (C=O) groups excluding carboxylic acids is 1. The maximum atomic E-state index is 11.7. The van der Waals surface area contributed by atoms with Gasteiger partial charge in [-0.2, -0.15) is 23.5 Å². The Hall–Kier alpha value is 0.130. The highest BCUT2D eigenvalue weighted by molar-refractivity contribution is 7.99. The van der Waals surface area contributed by atoms with Crippen LogP contribution in [0.4, 0.5) is 0 Å². The van der Waals surface area contributed by atoms with Crippen LogP contribution in [0.1, 0.15) is 20.3 Å². The van der Waals surface area contributed by atoms with Gasteiger partial charge in [-0.05, 0) is 12.7 Å². The third-order valence-corrected chi connectivity index (χ3v) is 4.68. The predicted octanol–water partition coefficient (Wildman–Crippen LogP) is 1.34. The fraction of sp³-hybridized carbons (Fsp3) is 0.909. The van der Waals surface area contributed by atoms with Gasteiger partial charge in [-0.15, -0.1) is 0 Å². The average Bonchev–Trinajstić information content (AvgIpc) is 2.27. The summed E-state index contributed by atoms with van der Waals surface area (Å²) in [4.78, 5) is 11.7. The molecule has 0 saturated carbocycles. The molecule has 2 atom stereocenters. The van der Waals surface area contributed by atoms with Crippen molar-refractivity contribution in [2.45, 2.75) is 32.4 Å². The molecule has 1 rings (SSSR count). The van der Waals surface area contributed by atoms with Gasteiger partial charge in [-0.1, -0.05) is 6.92 Å². The minimum absolute atomic E-state index is 0.184. The van der Waals surface area contributed by atoms with Crippen molar-refractivity contribution in [3.05, 3.63) is 0 Å². The fourth-order valence-electron chi connectivity index (χ4n) is 1.64. The normalized spacial score (nSPS) is 22.8. The molecule has 16 heavy (non-hydrogen) atoms. The number of hydrogen-bond acceptors (Lipinski definition) is 4. The molecule has 1 heterocycles. The number of hydrogen-bond donors (Lipinski definition) is 2. The summed E-state index contributed by atoms with van der Waals surface area (Å²) in [6.07, 6.45) is 0.619. The Kier molecular flexibility index (Phi) is 7.32. The molecule has 1 aliphatic rings. The highest BCUT2D eigenvalue weighted by atomic mass is 32.2. The summed E-state index contributed by atoms with van der Waals surface area (Å²) in [5, 5.41) is 6.43. The van der Waals surface area contributed by atoms with Gasteiger partial charge in [0, 0.05) is 42.3 Å².